The summed E-state index contributed by atoms with van der Waals surface area (Å²) in [6.45, 7) is 7.80. The van der Waals surface area contributed by atoms with Crippen LogP contribution >= 0.6 is 12.2 Å². The molecule has 0 fully saturated rings. The lowest BCUT2D eigenvalue weighted by Gasteiger charge is -2.15. The van der Waals surface area contributed by atoms with Crippen LogP contribution in [0.25, 0.3) is 5.69 Å². The summed E-state index contributed by atoms with van der Waals surface area (Å²) in [7, 11) is 1.77. The topological polar surface area (TPSA) is 86.4 Å². The highest BCUT2D eigenvalue weighted by atomic mass is 32.1. The number of aromatic hydroxyl groups is 1. The Bertz CT molecular complexity index is 1310. The number of nitrogens with zero attached hydrogens (tertiary/aromatic N) is 5. The predicted octanol–water partition coefficient (Wildman–Crippen LogP) is 3.06. The van der Waals surface area contributed by atoms with Crippen molar-refractivity contribution in [1.82, 2.24) is 18.5 Å². The Labute approximate surface area is 179 Å². The zero-order valence-corrected chi connectivity index (χ0v) is 18.5. The van der Waals surface area contributed by atoms with E-state index in [1.165, 1.54) is 13.8 Å². The van der Waals surface area contributed by atoms with Crippen molar-refractivity contribution >= 4 is 23.6 Å². The minimum atomic E-state index is -0.428. The van der Waals surface area contributed by atoms with Gasteiger partial charge >= 0.3 is 0 Å². The Balaban J connectivity index is 2.27. The van der Waals surface area contributed by atoms with Gasteiger partial charge in [0.25, 0.3) is 11.1 Å². The van der Waals surface area contributed by atoms with Crippen LogP contribution in [0.1, 0.15) is 32.0 Å². The van der Waals surface area contributed by atoms with Crippen molar-refractivity contribution in [2.24, 2.45) is 12.0 Å². The molecule has 0 atom stereocenters. The molecule has 0 saturated heterocycles. The van der Waals surface area contributed by atoms with E-state index in [4.69, 9.17) is 12.2 Å². The number of hydrogen-bond donors (Lipinski definition) is 1. The van der Waals surface area contributed by atoms with Crippen LogP contribution in [0.4, 0.5) is 5.69 Å². The van der Waals surface area contributed by atoms with Gasteiger partial charge in [0.1, 0.15) is 5.56 Å². The Hall–Kier alpha value is -3.20. The third-order valence-corrected chi connectivity index (χ3v) is 5.64. The molecule has 0 spiro atoms. The van der Waals surface area contributed by atoms with Crippen LogP contribution in [-0.4, -0.2) is 29.3 Å². The highest BCUT2D eigenvalue weighted by Gasteiger charge is 2.21. The normalized spacial score (nSPS) is 11.8. The van der Waals surface area contributed by atoms with Crippen LogP contribution in [0.15, 0.2) is 44.9 Å². The molecule has 0 aliphatic rings. The van der Waals surface area contributed by atoms with Crippen molar-refractivity contribution in [3.05, 3.63) is 67.1 Å². The molecule has 8 nitrogen and oxygen atoms in total. The minimum absolute atomic E-state index is 0.0428. The molecule has 0 radical (unpaired) electrons. The monoisotopic (exact) mass is 427 g/mol. The number of hydrogen-bond acceptors (Lipinski definition) is 5. The number of benzene rings is 1. The van der Waals surface area contributed by atoms with Gasteiger partial charge in [-0.15, -0.1) is 0 Å². The molecule has 0 unspecified atom stereocenters. The van der Waals surface area contributed by atoms with Gasteiger partial charge in [0.15, 0.2) is 10.5 Å². The van der Waals surface area contributed by atoms with Gasteiger partial charge in [-0.25, -0.2) is 9.67 Å². The predicted molar refractivity (Wildman–Crippen MR) is 120 cm³/mol. The Kier molecular flexibility index (Phi) is 5.93. The molecule has 0 amide bonds. The zero-order valence-electron chi connectivity index (χ0n) is 17.7. The van der Waals surface area contributed by atoms with Gasteiger partial charge in [0, 0.05) is 20.1 Å². The Morgan fingerprint density at radius 3 is 2.23 bits per heavy atom. The van der Waals surface area contributed by atoms with E-state index in [1.54, 1.807) is 25.6 Å². The Morgan fingerprint density at radius 1 is 1.07 bits per heavy atom. The molecule has 158 valence electrons. The molecular weight excluding hydrogens is 402 g/mol. The first-order chi connectivity index (χ1) is 14.2. The van der Waals surface area contributed by atoms with Crippen molar-refractivity contribution in [1.29, 1.82) is 0 Å². The summed E-state index contributed by atoms with van der Waals surface area (Å²) in [6, 6.07) is 9.24. The highest BCUT2D eigenvalue weighted by molar-refractivity contribution is 7.71. The SMILES string of the molecule is CCn1c(O)c(C(C)=Nc2c(C)n(C)n(-c3ccccc3)c2=O)c(=O)n(CC)c1=S. The lowest BCUT2D eigenvalue weighted by Crippen LogP contribution is -2.30. The molecule has 3 rings (SSSR count). The van der Waals surface area contributed by atoms with Crippen LogP contribution in [0.3, 0.4) is 0 Å². The van der Waals surface area contributed by atoms with E-state index in [0.717, 1.165) is 0 Å². The van der Waals surface area contributed by atoms with Gasteiger partial charge in [0.05, 0.1) is 17.1 Å². The van der Waals surface area contributed by atoms with E-state index in [0.29, 0.717) is 24.5 Å². The minimum Gasteiger partial charge on any atom is -0.494 e. The fourth-order valence-electron chi connectivity index (χ4n) is 3.48. The van der Waals surface area contributed by atoms with Crippen LogP contribution in [0.5, 0.6) is 5.88 Å². The molecule has 9 heteroatoms. The summed E-state index contributed by atoms with van der Waals surface area (Å²) >= 11 is 5.33. The summed E-state index contributed by atoms with van der Waals surface area (Å²) in [6.07, 6.45) is 0. The molecule has 2 heterocycles. The van der Waals surface area contributed by atoms with E-state index in [2.05, 4.69) is 4.99 Å². The molecule has 0 saturated carbocycles. The van der Waals surface area contributed by atoms with Gasteiger partial charge in [-0.3, -0.25) is 23.4 Å². The largest absolute Gasteiger partial charge is 0.494 e. The number of rotatable bonds is 5. The maximum absolute atomic E-state index is 13.1. The van der Waals surface area contributed by atoms with Gasteiger partial charge in [0.2, 0.25) is 5.88 Å². The average molecular weight is 428 g/mol. The fourth-order valence-corrected chi connectivity index (χ4v) is 3.90. The molecule has 0 aliphatic heterocycles. The van der Waals surface area contributed by atoms with Crippen molar-refractivity contribution in [3.8, 4) is 11.6 Å². The smallest absolute Gasteiger partial charge is 0.297 e. The lowest BCUT2D eigenvalue weighted by molar-refractivity contribution is 0.399. The van der Waals surface area contributed by atoms with Crippen molar-refractivity contribution in [2.75, 3.05) is 0 Å². The first-order valence-corrected chi connectivity index (χ1v) is 10.1. The van der Waals surface area contributed by atoms with Crippen molar-refractivity contribution in [2.45, 2.75) is 40.8 Å². The van der Waals surface area contributed by atoms with Crippen LogP contribution < -0.4 is 11.1 Å². The van der Waals surface area contributed by atoms with Gasteiger partial charge in [-0.2, -0.15) is 0 Å². The summed E-state index contributed by atoms with van der Waals surface area (Å²) in [4.78, 5) is 30.6. The summed E-state index contributed by atoms with van der Waals surface area (Å²) in [5, 5.41) is 10.7. The first-order valence-electron chi connectivity index (χ1n) is 9.70. The molecular formula is C21H25N5O3S. The van der Waals surface area contributed by atoms with E-state index >= 15 is 0 Å². The van der Waals surface area contributed by atoms with Gasteiger partial charge in [-0.1, -0.05) is 18.2 Å². The van der Waals surface area contributed by atoms with E-state index in [-0.39, 0.29) is 33.2 Å². The second kappa shape index (κ2) is 8.27. The molecule has 0 aliphatic carbocycles. The maximum atomic E-state index is 13.1. The molecule has 30 heavy (non-hydrogen) atoms. The quantitative estimate of drug-likeness (QED) is 0.501. The van der Waals surface area contributed by atoms with Gasteiger partial charge < -0.3 is 5.11 Å². The van der Waals surface area contributed by atoms with Crippen molar-refractivity contribution in [3.63, 3.8) is 0 Å². The third kappa shape index (κ3) is 3.35. The summed E-state index contributed by atoms with van der Waals surface area (Å²) < 4.78 is 6.37. The third-order valence-electron chi connectivity index (χ3n) is 5.20. The van der Waals surface area contributed by atoms with E-state index in [1.807, 2.05) is 44.2 Å². The number of para-hydroxylation sites is 1. The lowest BCUT2D eigenvalue weighted by atomic mass is 10.2. The second-order valence-corrected chi connectivity index (χ2v) is 7.25. The second-order valence-electron chi connectivity index (χ2n) is 6.88. The van der Waals surface area contributed by atoms with E-state index in [9.17, 15) is 14.7 Å². The maximum Gasteiger partial charge on any atom is 0.297 e. The average Bonchev–Trinajstić information content (AvgIpc) is 2.92. The van der Waals surface area contributed by atoms with Crippen molar-refractivity contribution < 1.29 is 5.11 Å². The molecule has 1 N–H and O–H groups in total. The molecule has 1 aromatic carbocycles. The Morgan fingerprint density at radius 2 is 1.67 bits per heavy atom. The standard InChI is InChI=1S/C21H25N5O3S/c1-6-24-18(27)16(19(28)25(7-2)21(24)30)13(3)22-17-14(4)23(5)26(20(17)29)15-11-9-8-10-12-15/h8-12,27H,6-7H2,1-5H3. The molecule has 2 aromatic heterocycles. The number of aromatic nitrogens is 4. The summed E-state index contributed by atoms with van der Waals surface area (Å²) in [5.41, 5.74) is 1.13. The van der Waals surface area contributed by atoms with Crippen LogP contribution in [-0.2, 0) is 20.1 Å². The molecule has 0 bridgehead atoms. The van der Waals surface area contributed by atoms with Crippen LogP contribution in [0.2, 0.25) is 0 Å². The first kappa shape index (κ1) is 21.5. The fraction of sp³-hybridized carbons (Fsp3) is 0.333. The van der Waals surface area contributed by atoms with Gasteiger partial charge in [-0.05, 0) is 52.0 Å². The zero-order chi connectivity index (χ0) is 22.2. The highest BCUT2D eigenvalue weighted by Crippen LogP contribution is 2.21. The van der Waals surface area contributed by atoms with Crippen LogP contribution in [0, 0.1) is 11.7 Å². The number of aliphatic imine (C=N–C) groups is 1. The summed E-state index contributed by atoms with van der Waals surface area (Å²) in [5.74, 6) is -0.240. The molecule has 3 aromatic rings. The van der Waals surface area contributed by atoms with E-state index < -0.39 is 5.56 Å².